The van der Waals surface area contributed by atoms with E-state index in [1.54, 1.807) is 4.68 Å². The maximum atomic E-state index is 12.6. The second kappa shape index (κ2) is 5.99. The Morgan fingerprint density at radius 2 is 2.24 bits per heavy atom. The van der Waals surface area contributed by atoms with Crippen molar-refractivity contribution >= 4 is 29.3 Å². The molecule has 21 heavy (non-hydrogen) atoms. The van der Waals surface area contributed by atoms with Crippen LogP contribution in [0.4, 0.5) is 0 Å². The molecule has 0 bridgehead atoms. The number of amides is 1. The van der Waals surface area contributed by atoms with E-state index in [4.69, 9.17) is 5.73 Å². The van der Waals surface area contributed by atoms with Gasteiger partial charge >= 0.3 is 0 Å². The first-order valence-electron chi connectivity index (χ1n) is 6.90. The van der Waals surface area contributed by atoms with Gasteiger partial charge in [-0.05, 0) is 44.0 Å². The number of rotatable bonds is 2. The number of aromatic nitrogens is 3. The lowest BCUT2D eigenvalue weighted by Crippen LogP contribution is -2.34. The highest BCUT2D eigenvalue weighted by Gasteiger charge is 2.32. The Kier molecular flexibility index (Phi) is 4.49. The molecule has 1 fully saturated rings. The molecular formula is C14H20ClN5O. The van der Waals surface area contributed by atoms with Crippen molar-refractivity contribution in [1.29, 1.82) is 0 Å². The third kappa shape index (κ3) is 2.73. The number of halogens is 1. The fourth-order valence-electron chi connectivity index (χ4n) is 2.94. The van der Waals surface area contributed by atoms with Crippen molar-refractivity contribution in [3.05, 3.63) is 23.8 Å². The third-order valence-electron chi connectivity index (χ3n) is 4.11. The number of fused-ring (bicyclic) bond motifs is 1. The molecule has 3 rings (SSSR count). The zero-order valence-corrected chi connectivity index (χ0v) is 13.0. The summed E-state index contributed by atoms with van der Waals surface area (Å²) in [6.45, 7) is 3.46. The minimum absolute atomic E-state index is 0. The molecule has 0 saturated carbocycles. The summed E-state index contributed by atoms with van der Waals surface area (Å²) in [5.41, 5.74) is 8.06. The van der Waals surface area contributed by atoms with Gasteiger partial charge in [-0.3, -0.25) is 4.79 Å². The molecule has 2 atom stereocenters. The van der Waals surface area contributed by atoms with Crippen LogP contribution in [-0.4, -0.2) is 44.9 Å². The predicted octanol–water partition coefficient (Wildman–Crippen LogP) is 1.20. The average Bonchev–Trinajstić information content (AvgIpc) is 3.01. The zero-order valence-electron chi connectivity index (χ0n) is 12.2. The van der Waals surface area contributed by atoms with Gasteiger partial charge in [0.1, 0.15) is 5.52 Å². The molecule has 6 nitrogen and oxygen atoms in total. The fourth-order valence-corrected chi connectivity index (χ4v) is 2.94. The van der Waals surface area contributed by atoms with Gasteiger partial charge in [-0.25, -0.2) is 4.68 Å². The Morgan fingerprint density at radius 3 is 2.90 bits per heavy atom. The summed E-state index contributed by atoms with van der Waals surface area (Å²) in [6.07, 6.45) is 0.982. The van der Waals surface area contributed by atoms with Crippen molar-refractivity contribution in [1.82, 2.24) is 19.9 Å². The summed E-state index contributed by atoms with van der Waals surface area (Å²) in [7, 11) is 1.84. The van der Waals surface area contributed by atoms with E-state index in [2.05, 4.69) is 17.2 Å². The largest absolute Gasteiger partial charge is 0.336 e. The summed E-state index contributed by atoms with van der Waals surface area (Å²) in [5.74, 6) is 0.468. The molecular weight excluding hydrogens is 290 g/mol. The first kappa shape index (κ1) is 15.7. The number of benzene rings is 1. The number of aryl methyl sites for hydroxylation is 1. The van der Waals surface area contributed by atoms with Crippen LogP contribution in [0.5, 0.6) is 0 Å². The van der Waals surface area contributed by atoms with Crippen molar-refractivity contribution in [3.63, 3.8) is 0 Å². The van der Waals surface area contributed by atoms with Crippen molar-refractivity contribution in [3.8, 4) is 0 Å². The van der Waals surface area contributed by atoms with Crippen LogP contribution in [-0.2, 0) is 7.05 Å². The molecule has 2 unspecified atom stereocenters. The molecule has 2 heterocycles. The molecule has 0 spiro atoms. The summed E-state index contributed by atoms with van der Waals surface area (Å²) >= 11 is 0. The highest BCUT2D eigenvalue weighted by molar-refractivity contribution is 5.97. The van der Waals surface area contributed by atoms with E-state index in [1.165, 1.54) is 0 Å². The van der Waals surface area contributed by atoms with E-state index in [9.17, 15) is 4.79 Å². The van der Waals surface area contributed by atoms with Crippen LogP contribution in [0.15, 0.2) is 18.2 Å². The second-order valence-electron chi connectivity index (χ2n) is 5.56. The van der Waals surface area contributed by atoms with E-state index in [0.29, 0.717) is 18.0 Å². The molecule has 0 radical (unpaired) electrons. The Morgan fingerprint density at radius 1 is 1.48 bits per heavy atom. The van der Waals surface area contributed by atoms with E-state index in [-0.39, 0.29) is 24.4 Å². The van der Waals surface area contributed by atoms with Gasteiger partial charge in [0.2, 0.25) is 0 Å². The molecule has 1 aromatic carbocycles. The Bertz CT molecular complexity index is 656. The van der Waals surface area contributed by atoms with Crippen LogP contribution >= 0.6 is 12.4 Å². The number of nitrogens with zero attached hydrogens (tertiary/aromatic N) is 4. The summed E-state index contributed by atoms with van der Waals surface area (Å²) in [4.78, 5) is 14.5. The lowest BCUT2D eigenvalue weighted by Gasteiger charge is -2.21. The standard InChI is InChI=1S/C14H19N5O.ClH/c1-9-5-10(7-15)8-19(9)14(20)11-3-4-13-12(6-11)16-17-18(13)2;/h3-4,6,9-10H,5,7-8,15H2,1-2H3;1H. The molecule has 1 aliphatic heterocycles. The number of likely N-dealkylation sites (tertiary alicyclic amines) is 1. The van der Waals surface area contributed by atoms with Crippen molar-refractivity contribution in [2.75, 3.05) is 13.1 Å². The van der Waals surface area contributed by atoms with Crippen LogP contribution in [0.2, 0.25) is 0 Å². The van der Waals surface area contributed by atoms with Gasteiger partial charge in [-0.2, -0.15) is 0 Å². The predicted molar refractivity (Wildman–Crippen MR) is 83.4 cm³/mol. The number of carbonyl (C=O) groups excluding carboxylic acids is 1. The Labute approximate surface area is 129 Å². The molecule has 1 amide bonds. The molecule has 1 saturated heterocycles. The van der Waals surface area contributed by atoms with Gasteiger partial charge in [0.15, 0.2) is 0 Å². The normalized spacial score (nSPS) is 21.6. The molecule has 0 aliphatic carbocycles. The van der Waals surface area contributed by atoms with Crippen molar-refractivity contribution in [2.45, 2.75) is 19.4 Å². The topological polar surface area (TPSA) is 77.0 Å². The first-order chi connectivity index (χ1) is 9.60. The van der Waals surface area contributed by atoms with Gasteiger partial charge in [-0.15, -0.1) is 17.5 Å². The fraction of sp³-hybridized carbons (Fsp3) is 0.500. The molecule has 114 valence electrons. The van der Waals surface area contributed by atoms with Gasteiger partial charge in [0.25, 0.3) is 5.91 Å². The van der Waals surface area contributed by atoms with E-state index in [1.807, 2.05) is 30.1 Å². The SMILES string of the molecule is CC1CC(CN)CN1C(=O)c1ccc2c(c1)nnn2C.Cl. The minimum atomic E-state index is 0. The maximum Gasteiger partial charge on any atom is 0.254 e. The smallest absolute Gasteiger partial charge is 0.254 e. The van der Waals surface area contributed by atoms with Crippen molar-refractivity contribution < 1.29 is 4.79 Å². The molecule has 1 aliphatic rings. The highest BCUT2D eigenvalue weighted by Crippen LogP contribution is 2.25. The first-order valence-corrected chi connectivity index (χ1v) is 6.90. The molecule has 2 N–H and O–H groups in total. The number of hydrogen-bond acceptors (Lipinski definition) is 4. The summed E-state index contributed by atoms with van der Waals surface area (Å²) in [6, 6.07) is 5.79. The maximum absolute atomic E-state index is 12.6. The van der Waals surface area contributed by atoms with Gasteiger partial charge in [-0.1, -0.05) is 5.21 Å². The average molecular weight is 310 g/mol. The Hall–Kier alpha value is -1.66. The molecule has 7 heteroatoms. The summed E-state index contributed by atoms with van der Waals surface area (Å²) in [5, 5.41) is 8.02. The third-order valence-corrected chi connectivity index (χ3v) is 4.11. The lowest BCUT2D eigenvalue weighted by molar-refractivity contribution is 0.0743. The van der Waals surface area contributed by atoms with Gasteiger partial charge in [0, 0.05) is 25.2 Å². The number of nitrogens with two attached hydrogens (primary N) is 1. The molecule has 1 aromatic heterocycles. The monoisotopic (exact) mass is 309 g/mol. The van der Waals surface area contributed by atoms with Gasteiger partial charge in [0.05, 0.1) is 5.52 Å². The summed E-state index contributed by atoms with van der Waals surface area (Å²) < 4.78 is 1.70. The Balaban J connectivity index is 0.00000161. The second-order valence-corrected chi connectivity index (χ2v) is 5.56. The van der Waals surface area contributed by atoms with E-state index < -0.39 is 0 Å². The van der Waals surface area contributed by atoms with Gasteiger partial charge < -0.3 is 10.6 Å². The molecule has 2 aromatic rings. The number of carbonyl (C=O) groups is 1. The van der Waals surface area contributed by atoms with Crippen LogP contribution in [0.25, 0.3) is 11.0 Å². The van der Waals surface area contributed by atoms with Crippen LogP contribution in [0, 0.1) is 5.92 Å². The highest BCUT2D eigenvalue weighted by atomic mass is 35.5. The van der Waals surface area contributed by atoms with E-state index in [0.717, 1.165) is 24.0 Å². The van der Waals surface area contributed by atoms with Crippen LogP contribution in [0.1, 0.15) is 23.7 Å². The zero-order chi connectivity index (χ0) is 14.3. The quantitative estimate of drug-likeness (QED) is 0.904. The van der Waals surface area contributed by atoms with Crippen LogP contribution in [0.3, 0.4) is 0 Å². The van der Waals surface area contributed by atoms with Crippen molar-refractivity contribution in [2.24, 2.45) is 18.7 Å². The number of hydrogen-bond donors (Lipinski definition) is 1. The minimum Gasteiger partial charge on any atom is -0.336 e. The lowest BCUT2D eigenvalue weighted by atomic mass is 10.1. The van der Waals surface area contributed by atoms with E-state index >= 15 is 0 Å². The van der Waals surface area contributed by atoms with Crippen LogP contribution < -0.4 is 5.73 Å².